The number of rotatable bonds is 4. The Balaban J connectivity index is 1.99. The molecular weight excluding hydrogens is 264 g/mol. The Morgan fingerprint density at radius 3 is 2.62 bits per heavy atom. The molecule has 21 heavy (non-hydrogen) atoms. The second-order valence-electron chi connectivity index (χ2n) is 5.67. The molecule has 2 heterocycles. The first-order valence-electron chi connectivity index (χ1n) is 7.60. The van der Waals surface area contributed by atoms with Crippen molar-refractivity contribution in [1.82, 2.24) is 9.78 Å². The average molecular weight is 286 g/mol. The monoisotopic (exact) mass is 286 g/mol. The van der Waals surface area contributed by atoms with E-state index >= 15 is 0 Å². The average Bonchev–Trinajstić information content (AvgIpc) is 3.04. The van der Waals surface area contributed by atoms with Gasteiger partial charge in [0.2, 0.25) is 0 Å². The van der Waals surface area contributed by atoms with Gasteiger partial charge in [0.15, 0.2) is 0 Å². The molecular formula is C17H22N2O2. The fourth-order valence-corrected chi connectivity index (χ4v) is 3.24. The molecule has 1 atom stereocenters. The molecule has 1 aromatic heterocycles. The molecule has 0 amide bonds. The van der Waals surface area contributed by atoms with Gasteiger partial charge >= 0.3 is 0 Å². The molecule has 1 aliphatic heterocycles. The normalized spacial score (nSPS) is 19.3. The fraction of sp³-hybridized carbons (Fsp3) is 0.471. The Morgan fingerprint density at radius 1 is 1.29 bits per heavy atom. The Morgan fingerprint density at radius 2 is 2.00 bits per heavy atom. The smallest absolute Gasteiger partial charge is 0.0918 e. The van der Waals surface area contributed by atoms with Crippen LogP contribution in [0, 0.1) is 0 Å². The second-order valence-corrected chi connectivity index (χ2v) is 5.67. The predicted octanol–water partition coefficient (Wildman–Crippen LogP) is 2.68. The van der Waals surface area contributed by atoms with E-state index in [4.69, 9.17) is 4.74 Å². The summed E-state index contributed by atoms with van der Waals surface area (Å²) in [6.45, 7) is 4.24. The Hall–Kier alpha value is -1.65. The molecule has 1 N–H and O–H groups in total. The fourth-order valence-electron chi connectivity index (χ4n) is 3.24. The lowest BCUT2D eigenvalue weighted by atomic mass is 9.68. The van der Waals surface area contributed by atoms with Crippen molar-refractivity contribution in [2.24, 2.45) is 0 Å². The minimum atomic E-state index is -0.552. The second kappa shape index (κ2) is 6.00. The third-order valence-corrected chi connectivity index (χ3v) is 4.55. The van der Waals surface area contributed by atoms with Crippen LogP contribution in [0.25, 0.3) is 0 Å². The van der Waals surface area contributed by atoms with Gasteiger partial charge in [-0.15, -0.1) is 0 Å². The Labute approximate surface area is 125 Å². The van der Waals surface area contributed by atoms with Gasteiger partial charge in [0.25, 0.3) is 0 Å². The van der Waals surface area contributed by atoms with E-state index in [2.05, 4.69) is 17.2 Å². The van der Waals surface area contributed by atoms with Gasteiger partial charge in [-0.1, -0.05) is 30.3 Å². The van der Waals surface area contributed by atoms with E-state index in [0.717, 1.165) is 24.9 Å². The van der Waals surface area contributed by atoms with Crippen LogP contribution in [0.4, 0.5) is 0 Å². The molecule has 1 aliphatic rings. The lowest BCUT2D eigenvalue weighted by molar-refractivity contribution is -0.0171. The first kappa shape index (κ1) is 14.3. The van der Waals surface area contributed by atoms with E-state index in [1.54, 1.807) is 6.20 Å². The van der Waals surface area contributed by atoms with E-state index < -0.39 is 6.10 Å². The number of aromatic nitrogens is 2. The summed E-state index contributed by atoms with van der Waals surface area (Å²) in [4.78, 5) is 0. The number of aliphatic hydroxyl groups is 1. The van der Waals surface area contributed by atoms with Gasteiger partial charge < -0.3 is 9.84 Å². The van der Waals surface area contributed by atoms with Crippen molar-refractivity contribution >= 4 is 0 Å². The summed E-state index contributed by atoms with van der Waals surface area (Å²) < 4.78 is 7.38. The van der Waals surface area contributed by atoms with Crippen LogP contribution in [-0.2, 0) is 16.7 Å². The minimum Gasteiger partial charge on any atom is -0.387 e. The van der Waals surface area contributed by atoms with Crippen LogP contribution < -0.4 is 0 Å². The molecule has 0 saturated carbocycles. The number of aliphatic hydroxyl groups excluding tert-OH is 1. The van der Waals surface area contributed by atoms with Gasteiger partial charge in [0.1, 0.15) is 0 Å². The lowest BCUT2D eigenvalue weighted by Crippen LogP contribution is -2.39. The summed E-state index contributed by atoms with van der Waals surface area (Å²) in [7, 11) is 0. The molecule has 3 rings (SSSR count). The number of ether oxygens (including phenoxy) is 1. The number of nitrogens with zero attached hydrogens (tertiary/aromatic N) is 2. The lowest BCUT2D eigenvalue weighted by Gasteiger charge is -2.41. The summed E-state index contributed by atoms with van der Waals surface area (Å²) >= 11 is 0. The zero-order valence-electron chi connectivity index (χ0n) is 12.4. The summed E-state index contributed by atoms with van der Waals surface area (Å²) in [5.41, 5.74) is 1.80. The summed E-state index contributed by atoms with van der Waals surface area (Å²) in [5, 5.41) is 15.3. The van der Waals surface area contributed by atoms with Gasteiger partial charge in [0.05, 0.1) is 12.3 Å². The Kier molecular flexibility index (Phi) is 4.08. The third kappa shape index (κ3) is 2.61. The first-order valence-corrected chi connectivity index (χ1v) is 7.60. The summed E-state index contributed by atoms with van der Waals surface area (Å²) in [6, 6.07) is 10.3. The van der Waals surface area contributed by atoms with Crippen LogP contribution in [0.3, 0.4) is 0 Å². The van der Waals surface area contributed by atoms with E-state index in [1.165, 1.54) is 5.56 Å². The predicted molar refractivity (Wildman–Crippen MR) is 81.0 cm³/mol. The zero-order valence-corrected chi connectivity index (χ0v) is 12.4. The van der Waals surface area contributed by atoms with Crippen LogP contribution in [-0.4, -0.2) is 28.1 Å². The highest BCUT2D eigenvalue weighted by Gasteiger charge is 2.42. The highest BCUT2D eigenvalue weighted by atomic mass is 16.5. The number of benzene rings is 1. The van der Waals surface area contributed by atoms with Crippen molar-refractivity contribution < 1.29 is 9.84 Å². The van der Waals surface area contributed by atoms with E-state index in [1.807, 2.05) is 36.0 Å². The standard InChI is InChI=1S/C17H22N2O2/c1-2-19-13-14(12-18-19)16(20)17(8-10-21-11-9-17)15-6-4-3-5-7-15/h3-7,12-13,16,20H,2,8-11H2,1H3. The van der Waals surface area contributed by atoms with Crippen molar-refractivity contribution in [3.8, 4) is 0 Å². The molecule has 4 heteroatoms. The van der Waals surface area contributed by atoms with E-state index in [9.17, 15) is 5.11 Å². The maximum absolute atomic E-state index is 11.0. The van der Waals surface area contributed by atoms with Crippen LogP contribution in [0.5, 0.6) is 0 Å². The molecule has 4 nitrogen and oxygen atoms in total. The molecule has 1 aromatic carbocycles. The molecule has 2 aromatic rings. The molecule has 0 aliphatic carbocycles. The van der Waals surface area contributed by atoms with Gasteiger partial charge in [-0.2, -0.15) is 5.10 Å². The Bertz CT molecular complexity index is 573. The molecule has 1 unspecified atom stereocenters. The number of aryl methyl sites for hydroxylation is 1. The van der Waals surface area contributed by atoms with Crippen LogP contribution in [0.15, 0.2) is 42.7 Å². The van der Waals surface area contributed by atoms with Crippen molar-refractivity contribution in [2.75, 3.05) is 13.2 Å². The summed E-state index contributed by atoms with van der Waals surface area (Å²) in [6.07, 6.45) is 4.84. The van der Waals surface area contributed by atoms with Crippen LogP contribution in [0.2, 0.25) is 0 Å². The molecule has 0 bridgehead atoms. The SMILES string of the molecule is CCn1cc(C(O)C2(c3ccccc3)CCOCC2)cn1. The van der Waals surface area contributed by atoms with Gasteiger partial charge in [-0.25, -0.2) is 0 Å². The largest absolute Gasteiger partial charge is 0.387 e. The highest BCUT2D eigenvalue weighted by molar-refractivity contribution is 5.31. The molecule has 0 radical (unpaired) electrons. The topological polar surface area (TPSA) is 47.3 Å². The van der Waals surface area contributed by atoms with Gasteiger partial charge in [-0.05, 0) is 25.3 Å². The van der Waals surface area contributed by atoms with E-state index in [-0.39, 0.29) is 5.41 Å². The van der Waals surface area contributed by atoms with Crippen LogP contribution in [0.1, 0.15) is 37.0 Å². The van der Waals surface area contributed by atoms with Crippen molar-refractivity contribution in [3.05, 3.63) is 53.9 Å². The number of hydrogen-bond acceptors (Lipinski definition) is 3. The first-order chi connectivity index (χ1) is 10.3. The molecule has 1 saturated heterocycles. The van der Waals surface area contributed by atoms with Crippen molar-refractivity contribution in [2.45, 2.75) is 37.8 Å². The molecule has 112 valence electrons. The molecule has 1 fully saturated rings. The maximum Gasteiger partial charge on any atom is 0.0918 e. The summed E-state index contributed by atoms with van der Waals surface area (Å²) in [5.74, 6) is 0. The highest BCUT2D eigenvalue weighted by Crippen LogP contribution is 2.44. The number of hydrogen-bond donors (Lipinski definition) is 1. The third-order valence-electron chi connectivity index (χ3n) is 4.55. The maximum atomic E-state index is 11.0. The van der Waals surface area contributed by atoms with Crippen molar-refractivity contribution in [3.63, 3.8) is 0 Å². The van der Waals surface area contributed by atoms with Gasteiger partial charge in [-0.3, -0.25) is 4.68 Å². The van der Waals surface area contributed by atoms with Crippen LogP contribution >= 0.6 is 0 Å². The van der Waals surface area contributed by atoms with Crippen molar-refractivity contribution in [1.29, 1.82) is 0 Å². The minimum absolute atomic E-state index is 0.277. The zero-order chi connectivity index (χ0) is 14.7. The van der Waals surface area contributed by atoms with Gasteiger partial charge in [0, 0.05) is 36.9 Å². The van der Waals surface area contributed by atoms with E-state index in [0.29, 0.717) is 13.2 Å². The quantitative estimate of drug-likeness (QED) is 0.940. The molecule has 0 spiro atoms.